The van der Waals surface area contributed by atoms with E-state index < -0.39 is 29.9 Å². The molecule has 2 rings (SSSR count). The third-order valence-electron chi connectivity index (χ3n) is 4.72. The summed E-state index contributed by atoms with van der Waals surface area (Å²) in [5.41, 5.74) is 1.02. The first-order valence-electron chi connectivity index (χ1n) is 7.84. The number of hydrogen-bond acceptors (Lipinski definition) is 4. The SMILES string of the molecule is CCCCN1CC(C(=O)O)C(=O)C2=C1C(OC)C(C)C(F)C2. The van der Waals surface area contributed by atoms with Crippen LogP contribution in [0.15, 0.2) is 11.3 Å². The van der Waals surface area contributed by atoms with E-state index in [2.05, 4.69) is 0 Å². The maximum absolute atomic E-state index is 14.2. The molecule has 0 aromatic heterocycles. The number of hydrogen-bond donors (Lipinski definition) is 1. The van der Waals surface area contributed by atoms with Crippen LogP contribution < -0.4 is 0 Å². The highest BCUT2D eigenvalue weighted by atomic mass is 19.1. The van der Waals surface area contributed by atoms with Crippen molar-refractivity contribution >= 4 is 11.8 Å². The summed E-state index contributed by atoms with van der Waals surface area (Å²) in [7, 11) is 1.51. The van der Waals surface area contributed by atoms with Crippen molar-refractivity contribution in [3.05, 3.63) is 11.3 Å². The molecule has 4 atom stereocenters. The molecule has 124 valence electrons. The molecule has 1 heterocycles. The van der Waals surface area contributed by atoms with Crippen molar-refractivity contribution in [1.82, 2.24) is 4.90 Å². The number of nitrogens with zero attached hydrogens (tertiary/aromatic N) is 1. The minimum atomic E-state index is -1.19. The maximum Gasteiger partial charge on any atom is 0.316 e. The van der Waals surface area contributed by atoms with Gasteiger partial charge < -0.3 is 14.7 Å². The molecule has 22 heavy (non-hydrogen) atoms. The van der Waals surface area contributed by atoms with Gasteiger partial charge in [0.2, 0.25) is 0 Å². The van der Waals surface area contributed by atoms with Gasteiger partial charge in [-0.15, -0.1) is 0 Å². The van der Waals surface area contributed by atoms with Gasteiger partial charge in [0.1, 0.15) is 18.2 Å². The molecule has 0 saturated heterocycles. The summed E-state index contributed by atoms with van der Waals surface area (Å²) in [5, 5.41) is 9.29. The van der Waals surface area contributed by atoms with Gasteiger partial charge >= 0.3 is 5.97 Å². The number of aliphatic carboxylic acids is 1. The van der Waals surface area contributed by atoms with E-state index in [1.165, 1.54) is 7.11 Å². The Kier molecular flexibility index (Phi) is 5.21. The highest BCUT2D eigenvalue weighted by Crippen LogP contribution is 2.39. The van der Waals surface area contributed by atoms with E-state index in [9.17, 15) is 19.1 Å². The van der Waals surface area contributed by atoms with Crippen LogP contribution in [-0.2, 0) is 14.3 Å². The molecule has 6 heteroatoms. The Morgan fingerprint density at radius 1 is 1.50 bits per heavy atom. The Balaban J connectivity index is 2.45. The van der Waals surface area contributed by atoms with Crippen LogP contribution in [0.2, 0.25) is 0 Å². The van der Waals surface area contributed by atoms with Gasteiger partial charge in [-0.3, -0.25) is 9.59 Å². The van der Waals surface area contributed by atoms with Gasteiger partial charge in [-0.1, -0.05) is 20.3 Å². The van der Waals surface area contributed by atoms with Crippen LogP contribution in [0.4, 0.5) is 4.39 Å². The zero-order chi connectivity index (χ0) is 16.4. The van der Waals surface area contributed by atoms with E-state index in [1.807, 2.05) is 11.8 Å². The van der Waals surface area contributed by atoms with Gasteiger partial charge in [0.25, 0.3) is 0 Å². The molecule has 0 aromatic carbocycles. The minimum Gasteiger partial charge on any atom is -0.481 e. The lowest BCUT2D eigenvalue weighted by Crippen LogP contribution is -2.51. The van der Waals surface area contributed by atoms with Crippen molar-refractivity contribution in [3.63, 3.8) is 0 Å². The molecule has 2 aliphatic rings. The molecule has 1 N–H and O–H groups in total. The van der Waals surface area contributed by atoms with Crippen LogP contribution >= 0.6 is 0 Å². The van der Waals surface area contributed by atoms with Crippen LogP contribution in [0, 0.1) is 11.8 Å². The number of methoxy groups -OCH3 is 1. The van der Waals surface area contributed by atoms with E-state index in [4.69, 9.17) is 4.74 Å². The first kappa shape index (κ1) is 16.9. The van der Waals surface area contributed by atoms with Crippen molar-refractivity contribution in [2.24, 2.45) is 11.8 Å². The molecule has 0 spiro atoms. The summed E-state index contributed by atoms with van der Waals surface area (Å²) < 4.78 is 19.7. The Labute approximate surface area is 130 Å². The number of rotatable bonds is 5. The largest absolute Gasteiger partial charge is 0.481 e. The van der Waals surface area contributed by atoms with E-state index >= 15 is 0 Å². The van der Waals surface area contributed by atoms with Gasteiger partial charge in [0.15, 0.2) is 5.78 Å². The lowest BCUT2D eigenvalue weighted by atomic mass is 9.77. The predicted octanol–water partition coefficient (Wildman–Crippen LogP) is 2.02. The fourth-order valence-corrected chi connectivity index (χ4v) is 3.38. The van der Waals surface area contributed by atoms with Crippen LogP contribution in [0.5, 0.6) is 0 Å². The van der Waals surface area contributed by atoms with Crippen LogP contribution in [-0.4, -0.2) is 54.2 Å². The fraction of sp³-hybridized carbons (Fsp3) is 0.750. The predicted molar refractivity (Wildman–Crippen MR) is 79.1 cm³/mol. The number of halogens is 1. The zero-order valence-electron chi connectivity index (χ0n) is 13.3. The number of ketones is 1. The Morgan fingerprint density at radius 2 is 2.18 bits per heavy atom. The van der Waals surface area contributed by atoms with Crippen LogP contribution in [0.1, 0.15) is 33.1 Å². The number of unbranched alkanes of at least 4 members (excludes halogenated alkanes) is 1. The molecular weight excluding hydrogens is 289 g/mol. The number of allylic oxidation sites excluding steroid dienone is 1. The number of carbonyl (C=O) groups excluding carboxylic acids is 1. The number of carbonyl (C=O) groups is 2. The average molecular weight is 313 g/mol. The lowest BCUT2D eigenvalue weighted by Gasteiger charge is -2.44. The van der Waals surface area contributed by atoms with E-state index in [-0.39, 0.29) is 18.9 Å². The van der Waals surface area contributed by atoms with E-state index in [0.29, 0.717) is 17.8 Å². The highest BCUT2D eigenvalue weighted by Gasteiger charge is 2.46. The lowest BCUT2D eigenvalue weighted by molar-refractivity contribution is -0.147. The summed E-state index contributed by atoms with van der Waals surface area (Å²) >= 11 is 0. The second kappa shape index (κ2) is 6.77. The summed E-state index contributed by atoms with van der Waals surface area (Å²) in [6.45, 7) is 4.63. The van der Waals surface area contributed by atoms with Gasteiger partial charge in [0.05, 0.1) is 5.70 Å². The highest BCUT2D eigenvalue weighted by molar-refractivity contribution is 6.09. The van der Waals surface area contributed by atoms with E-state index in [0.717, 1.165) is 12.8 Å². The zero-order valence-corrected chi connectivity index (χ0v) is 13.3. The van der Waals surface area contributed by atoms with Gasteiger partial charge in [0, 0.05) is 38.1 Å². The quantitative estimate of drug-likeness (QED) is 0.787. The Morgan fingerprint density at radius 3 is 2.73 bits per heavy atom. The molecule has 0 radical (unpaired) electrons. The van der Waals surface area contributed by atoms with Crippen molar-refractivity contribution in [2.45, 2.75) is 45.4 Å². The van der Waals surface area contributed by atoms with Crippen molar-refractivity contribution in [1.29, 1.82) is 0 Å². The molecule has 4 unspecified atom stereocenters. The second-order valence-electron chi connectivity index (χ2n) is 6.15. The smallest absolute Gasteiger partial charge is 0.316 e. The standard InChI is InChI=1S/C16H24FNO4/c1-4-5-6-18-8-11(16(20)21)14(19)10-7-12(17)9(2)15(22-3)13(10)18/h9,11-12,15H,4-8H2,1-3H3,(H,20,21). The summed E-state index contributed by atoms with van der Waals surface area (Å²) in [6, 6.07) is 0. The fourth-order valence-electron chi connectivity index (χ4n) is 3.38. The van der Waals surface area contributed by atoms with Gasteiger partial charge in [-0.2, -0.15) is 0 Å². The van der Waals surface area contributed by atoms with Crippen LogP contribution in [0.3, 0.4) is 0 Å². The monoisotopic (exact) mass is 313 g/mol. The molecule has 0 aromatic rings. The first-order valence-corrected chi connectivity index (χ1v) is 7.84. The molecule has 0 fully saturated rings. The number of carboxylic acids is 1. The van der Waals surface area contributed by atoms with Gasteiger partial charge in [-0.05, 0) is 6.42 Å². The molecule has 0 saturated carbocycles. The minimum absolute atomic E-state index is 0.0123. The molecular formula is C16H24FNO4. The number of alkyl halides is 1. The third-order valence-corrected chi connectivity index (χ3v) is 4.72. The molecule has 0 amide bonds. The number of Topliss-reactive ketones (excluding diaryl/α,β-unsaturated/α-hetero) is 1. The maximum atomic E-state index is 14.2. The Hall–Kier alpha value is -1.43. The molecule has 0 bridgehead atoms. The van der Waals surface area contributed by atoms with Crippen molar-refractivity contribution < 1.29 is 23.8 Å². The van der Waals surface area contributed by atoms with Crippen molar-refractivity contribution in [2.75, 3.05) is 20.2 Å². The van der Waals surface area contributed by atoms with E-state index in [1.54, 1.807) is 6.92 Å². The molecule has 1 aliphatic carbocycles. The second-order valence-corrected chi connectivity index (χ2v) is 6.15. The topological polar surface area (TPSA) is 66.8 Å². The van der Waals surface area contributed by atoms with Crippen molar-refractivity contribution in [3.8, 4) is 0 Å². The third kappa shape index (κ3) is 2.89. The normalized spacial score (nSPS) is 32.2. The molecule has 1 aliphatic heterocycles. The van der Waals surface area contributed by atoms with Crippen LogP contribution in [0.25, 0.3) is 0 Å². The molecule has 5 nitrogen and oxygen atoms in total. The first-order chi connectivity index (χ1) is 10.4. The summed E-state index contributed by atoms with van der Waals surface area (Å²) in [5.74, 6) is -3.04. The Bertz CT molecular complexity index is 491. The number of ether oxygens (including phenoxy) is 1. The van der Waals surface area contributed by atoms with Gasteiger partial charge in [-0.25, -0.2) is 4.39 Å². The summed E-state index contributed by atoms with van der Waals surface area (Å²) in [4.78, 5) is 25.7. The summed E-state index contributed by atoms with van der Waals surface area (Å²) in [6.07, 6.45) is 0.162. The average Bonchev–Trinajstić information content (AvgIpc) is 2.48. The number of carboxylic acid groups (broad SMARTS) is 1.